The Kier molecular flexibility index (Phi) is 4.99. The van der Waals surface area contributed by atoms with Crippen molar-refractivity contribution in [2.45, 2.75) is 6.92 Å². The maximum absolute atomic E-state index is 13.6. The number of aliphatic carboxylic acids is 1. The van der Waals surface area contributed by atoms with Crippen LogP contribution in [0.3, 0.4) is 0 Å². The van der Waals surface area contributed by atoms with Gasteiger partial charge in [-0.15, -0.1) is 0 Å². The fraction of sp³-hybridized carbons (Fsp3) is 0.250. The predicted molar refractivity (Wildman–Crippen MR) is 64.1 cm³/mol. The number of nitrogens with one attached hydrogen (secondary N) is 2. The molecule has 0 radical (unpaired) electrons. The molecule has 0 aromatic heterocycles. The van der Waals surface area contributed by atoms with Crippen molar-refractivity contribution < 1.29 is 23.9 Å². The number of benzene rings is 1. The molecule has 0 aliphatic rings. The van der Waals surface area contributed by atoms with Crippen LogP contribution in [0.5, 0.6) is 0 Å². The second-order valence-electron chi connectivity index (χ2n) is 3.79. The fourth-order valence-corrected chi connectivity index (χ4v) is 1.32. The molecule has 0 fully saturated rings. The van der Waals surface area contributed by atoms with E-state index in [-0.39, 0.29) is 5.56 Å². The summed E-state index contributed by atoms with van der Waals surface area (Å²) in [6.45, 7) is 0.568. The first kappa shape index (κ1) is 14.6. The maximum atomic E-state index is 13.6. The summed E-state index contributed by atoms with van der Waals surface area (Å²) < 4.78 is 13.6. The Hall–Kier alpha value is -2.44. The average molecular weight is 268 g/mol. The highest BCUT2D eigenvalue weighted by Crippen LogP contribution is 2.11. The van der Waals surface area contributed by atoms with E-state index in [9.17, 15) is 18.8 Å². The van der Waals surface area contributed by atoms with Crippen LogP contribution in [0, 0.1) is 12.7 Å². The van der Waals surface area contributed by atoms with Crippen LogP contribution in [0.15, 0.2) is 18.2 Å². The second-order valence-corrected chi connectivity index (χ2v) is 3.79. The first-order valence-corrected chi connectivity index (χ1v) is 5.43. The van der Waals surface area contributed by atoms with E-state index in [0.717, 1.165) is 0 Å². The van der Waals surface area contributed by atoms with E-state index >= 15 is 0 Å². The lowest BCUT2D eigenvalue weighted by Crippen LogP contribution is -2.39. The minimum absolute atomic E-state index is 0.161. The zero-order chi connectivity index (χ0) is 14.4. The van der Waals surface area contributed by atoms with Crippen LogP contribution in [0.2, 0.25) is 0 Å². The summed E-state index contributed by atoms with van der Waals surface area (Å²) in [7, 11) is 0. The highest BCUT2D eigenvalue weighted by atomic mass is 19.1. The third-order valence-electron chi connectivity index (χ3n) is 2.28. The van der Waals surface area contributed by atoms with Crippen LogP contribution < -0.4 is 10.6 Å². The van der Waals surface area contributed by atoms with E-state index in [0.29, 0.717) is 5.56 Å². The van der Waals surface area contributed by atoms with Crippen LogP contribution in [0.4, 0.5) is 4.39 Å². The van der Waals surface area contributed by atoms with Crippen molar-refractivity contribution >= 4 is 17.8 Å². The zero-order valence-electron chi connectivity index (χ0n) is 10.2. The lowest BCUT2D eigenvalue weighted by Gasteiger charge is -2.07. The minimum atomic E-state index is -1.19. The Morgan fingerprint density at radius 2 is 1.89 bits per heavy atom. The van der Waals surface area contributed by atoms with Gasteiger partial charge in [0.15, 0.2) is 0 Å². The lowest BCUT2D eigenvalue weighted by molar-refractivity contribution is -0.137. The molecule has 0 heterocycles. The van der Waals surface area contributed by atoms with Crippen molar-refractivity contribution in [3.8, 4) is 0 Å². The molecule has 0 spiro atoms. The van der Waals surface area contributed by atoms with Crippen LogP contribution in [0.25, 0.3) is 0 Å². The molecule has 1 aromatic rings. The van der Waals surface area contributed by atoms with Gasteiger partial charge in [-0.3, -0.25) is 14.4 Å². The molecule has 0 saturated carbocycles. The number of carboxylic acids is 1. The largest absolute Gasteiger partial charge is 0.480 e. The summed E-state index contributed by atoms with van der Waals surface area (Å²) >= 11 is 0. The summed E-state index contributed by atoms with van der Waals surface area (Å²) in [5, 5.41) is 12.6. The van der Waals surface area contributed by atoms with Crippen molar-refractivity contribution in [2.24, 2.45) is 0 Å². The molecule has 1 aromatic carbocycles. The van der Waals surface area contributed by atoms with Crippen molar-refractivity contribution in [3.05, 3.63) is 35.1 Å². The number of amides is 2. The molecule has 1 rings (SSSR count). The van der Waals surface area contributed by atoms with E-state index in [4.69, 9.17) is 5.11 Å². The summed E-state index contributed by atoms with van der Waals surface area (Å²) in [4.78, 5) is 33.0. The van der Waals surface area contributed by atoms with Gasteiger partial charge in [-0.05, 0) is 18.6 Å². The third kappa shape index (κ3) is 4.38. The van der Waals surface area contributed by atoms with Gasteiger partial charge >= 0.3 is 5.97 Å². The number of hydrogen-bond donors (Lipinski definition) is 3. The highest BCUT2D eigenvalue weighted by Gasteiger charge is 2.14. The van der Waals surface area contributed by atoms with E-state index < -0.39 is 36.7 Å². The Balaban J connectivity index is 2.54. The van der Waals surface area contributed by atoms with Gasteiger partial charge in [0, 0.05) is 0 Å². The number of carbonyl (C=O) groups is 3. The summed E-state index contributed by atoms with van der Waals surface area (Å²) in [6, 6.07) is 4.34. The van der Waals surface area contributed by atoms with Crippen molar-refractivity contribution in [2.75, 3.05) is 13.1 Å². The van der Waals surface area contributed by atoms with Gasteiger partial charge in [-0.1, -0.05) is 12.1 Å². The predicted octanol–water partition coefficient (Wildman–Crippen LogP) is 0.0647. The van der Waals surface area contributed by atoms with Gasteiger partial charge in [-0.25, -0.2) is 4.39 Å². The van der Waals surface area contributed by atoms with Crippen LogP contribution in [-0.2, 0) is 9.59 Å². The van der Waals surface area contributed by atoms with Gasteiger partial charge in [0.05, 0.1) is 12.1 Å². The number of carboxylic acid groups (broad SMARTS) is 1. The highest BCUT2D eigenvalue weighted by molar-refractivity contribution is 5.97. The third-order valence-corrected chi connectivity index (χ3v) is 2.28. The lowest BCUT2D eigenvalue weighted by atomic mass is 10.1. The topological polar surface area (TPSA) is 95.5 Å². The van der Waals surface area contributed by atoms with Crippen molar-refractivity contribution in [3.63, 3.8) is 0 Å². The van der Waals surface area contributed by atoms with Crippen LogP contribution >= 0.6 is 0 Å². The standard InChI is InChI=1S/C12H13FN2O4/c1-7-3-2-4-8(11(7)13)12(19)15-5-9(16)14-6-10(17)18/h2-4H,5-6H2,1H3,(H,14,16)(H,15,19)(H,17,18). The zero-order valence-corrected chi connectivity index (χ0v) is 10.2. The minimum Gasteiger partial charge on any atom is -0.480 e. The molecule has 19 heavy (non-hydrogen) atoms. The van der Waals surface area contributed by atoms with E-state index in [1.54, 1.807) is 0 Å². The molecular formula is C12H13FN2O4. The summed E-state index contributed by atoms with van der Waals surface area (Å²) in [6.07, 6.45) is 0. The number of aryl methyl sites for hydroxylation is 1. The SMILES string of the molecule is Cc1cccc(C(=O)NCC(=O)NCC(=O)O)c1F. The smallest absolute Gasteiger partial charge is 0.322 e. The van der Waals surface area contributed by atoms with Crippen molar-refractivity contribution in [1.29, 1.82) is 0 Å². The monoisotopic (exact) mass is 268 g/mol. The number of carbonyl (C=O) groups excluding carboxylic acids is 2. The molecule has 0 saturated heterocycles. The second kappa shape index (κ2) is 6.48. The van der Waals surface area contributed by atoms with Crippen molar-refractivity contribution in [1.82, 2.24) is 10.6 Å². The molecule has 0 aliphatic heterocycles. The van der Waals surface area contributed by atoms with Gasteiger partial charge < -0.3 is 15.7 Å². The molecule has 102 valence electrons. The Labute approximate surface area is 108 Å². The van der Waals surface area contributed by atoms with E-state index in [1.165, 1.54) is 25.1 Å². The first-order chi connectivity index (χ1) is 8.91. The Bertz CT molecular complexity index is 516. The number of hydrogen-bond acceptors (Lipinski definition) is 3. The Morgan fingerprint density at radius 3 is 2.53 bits per heavy atom. The summed E-state index contributed by atoms with van der Waals surface area (Å²) in [5.74, 6) is -3.23. The van der Waals surface area contributed by atoms with Gasteiger partial charge in [0.25, 0.3) is 5.91 Å². The fourth-order valence-electron chi connectivity index (χ4n) is 1.32. The molecular weight excluding hydrogens is 255 g/mol. The van der Waals surface area contributed by atoms with Crippen LogP contribution in [-0.4, -0.2) is 36.0 Å². The molecule has 2 amide bonds. The van der Waals surface area contributed by atoms with Gasteiger partial charge in [0.2, 0.25) is 5.91 Å². The quantitative estimate of drug-likeness (QED) is 0.704. The molecule has 0 aliphatic carbocycles. The maximum Gasteiger partial charge on any atom is 0.322 e. The number of halogens is 1. The normalized spacial score (nSPS) is 9.79. The van der Waals surface area contributed by atoms with E-state index in [2.05, 4.69) is 10.6 Å². The summed E-state index contributed by atoms with van der Waals surface area (Å²) in [5.41, 5.74) is 0.161. The number of rotatable bonds is 5. The molecule has 0 unspecified atom stereocenters. The van der Waals surface area contributed by atoms with Gasteiger partial charge in [0.1, 0.15) is 12.4 Å². The Morgan fingerprint density at radius 1 is 1.21 bits per heavy atom. The van der Waals surface area contributed by atoms with E-state index in [1.807, 2.05) is 0 Å². The average Bonchev–Trinajstić information content (AvgIpc) is 2.36. The molecule has 6 nitrogen and oxygen atoms in total. The molecule has 3 N–H and O–H groups in total. The molecule has 0 atom stereocenters. The van der Waals surface area contributed by atoms with Crippen LogP contribution in [0.1, 0.15) is 15.9 Å². The molecule has 7 heteroatoms. The van der Waals surface area contributed by atoms with Gasteiger partial charge in [-0.2, -0.15) is 0 Å². The molecule has 0 bridgehead atoms. The first-order valence-electron chi connectivity index (χ1n) is 5.43.